The molecule has 1 aliphatic rings. The molecule has 27 heavy (non-hydrogen) atoms. The topological polar surface area (TPSA) is 68.8 Å². The van der Waals surface area contributed by atoms with Crippen LogP contribution in [-0.4, -0.2) is 44.7 Å². The molecule has 2 aromatic heterocycles. The molecule has 1 saturated heterocycles. The maximum atomic E-state index is 13.0. The van der Waals surface area contributed by atoms with Crippen LogP contribution in [0.4, 0.5) is 0 Å². The number of benzene rings is 1. The van der Waals surface area contributed by atoms with Gasteiger partial charge in [0.05, 0.1) is 12.6 Å². The number of nitrogens with zero attached hydrogens (tertiary/aromatic N) is 4. The zero-order valence-electron chi connectivity index (χ0n) is 15.9. The number of hydrogen-bond acceptors (Lipinski definition) is 4. The predicted molar refractivity (Wildman–Crippen MR) is 103 cm³/mol. The van der Waals surface area contributed by atoms with Crippen LogP contribution in [0.25, 0.3) is 16.6 Å². The van der Waals surface area contributed by atoms with E-state index in [9.17, 15) is 9.59 Å². The smallest absolute Gasteiger partial charge is 0.351 e. The molecule has 1 aromatic carbocycles. The molecule has 0 aliphatic carbocycles. The van der Waals surface area contributed by atoms with Crippen molar-refractivity contribution in [3.05, 3.63) is 40.3 Å². The third-order valence-electron chi connectivity index (χ3n) is 5.45. The summed E-state index contributed by atoms with van der Waals surface area (Å²) in [5.74, 6) is 0.687. The number of hydrogen-bond donors (Lipinski definition) is 0. The number of carbonyl (C=O) groups excluding carboxylic acids is 1. The van der Waals surface area contributed by atoms with Gasteiger partial charge in [-0.15, -0.1) is 5.10 Å². The van der Waals surface area contributed by atoms with E-state index in [1.807, 2.05) is 36.1 Å². The van der Waals surface area contributed by atoms with Crippen molar-refractivity contribution < 1.29 is 9.53 Å². The molecule has 142 valence electrons. The van der Waals surface area contributed by atoms with Gasteiger partial charge in [-0.2, -0.15) is 0 Å². The summed E-state index contributed by atoms with van der Waals surface area (Å²) in [6, 6.07) is 7.77. The lowest BCUT2D eigenvalue weighted by molar-refractivity contribution is -0.135. The highest BCUT2D eigenvalue weighted by Crippen LogP contribution is 2.23. The molecule has 4 rings (SSSR count). The largest absolute Gasteiger partial charge is 0.497 e. The molecule has 0 radical (unpaired) electrons. The van der Waals surface area contributed by atoms with E-state index in [2.05, 4.69) is 12.0 Å². The van der Waals surface area contributed by atoms with Crippen molar-refractivity contribution in [2.24, 2.45) is 0 Å². The van der Waals surface area contributed by atoms with Crippen LogP contribution in [-0.2, 0) is 11.3 Å². The van der Waals surface area contributed by atoms with Crippen molar-refractivity contribution >= 4 is 22.5 Å². The van der Waals surface area contributed by atoms with Crippen LogP contribution in [0.3, 0.4) is 0 Å². The minimum absolute atomic E-state index is 0.0259. The highest BCUT2D eigenvalue weighted by Gasteiger charge is 2.24. The molecular formula is C20H24N4O3. The fourth-order valence-corrected chi connectivity index (χ4v) is 3.95. The zero-order chi connectivity index (χ0) is 19.1. The first kappa shape index (κ1) is 17.6. The van der Waals surface area contributed by atoms with E-state index in [1.54, 1.807) is 11.5 Å². The molecule has 0 unspecified atom stereocenters. The molecular weight excluding hydrogens is 344 g/mol. The Morgan fingerprint density at radius 2 is 2.11 bits per heavy atom. The van der Waals surface area contributed by atoms with Crippen molar-refractivity contribution in [2.75, 3.05) is 13.7 Å². The maximum absolute atomic E-state index is 13.0. The van der Waals surface area contributed by atoms with Crippen molar-refractivity contribution in [1.82, 2.24) is 19.1 Å². The Hall–Kier alpha value is -2.83. The van der Waals surface area contributed by atoms with E-state index in [0.29, 0.717) is 5.65 Å². The van der Waals surface area contributed by atoms with Crippen LogP contribution in [0.15, 0.2) is 29.1 Å². The monoisotopic (exact) mass is 368 g/mol. The molecule has 7 nitrogen and oxygen atoms in total. The van der Waals surface area contributed by atoms with E-state index >= 15 is 0 Å². The second-order valence-electron chi connectivity index (χ2n) is 7.28. The lowest BCUT2D eigenvalue weighted by Crippen LogP contribution is -2.44. The summed E-state index contributed by atoms with van der Waals surface area (Å²) < 4.78 is 8.15. The van der Waals surface area contributed by atoms with Crippen LogP contribution in [0, 0.1) is 6.92 Å². The summed E-state index contributed by atoms with van der Waals surface area (Å²) in [6.45, 7) is 4.71. The molecule has 3 heterocycles. The quantitative estimate of drug-likeness (QED) is 0.712. The highest BCUT2D eigenvalue weighted by molar-refractivity contribution is 5.84. The van der Waals surface area contributed by atoms with E-state index in [-0.39, 0.29) is 24.2 Å². The zero-order valence-corrected chi connectivity index (χ0v) is 15.9. The second kappa shape index (κ2) is 6.72. The highest BCUT2D eigenvalue weighted by atomic mass is 16.5. The fraction of sp³-hybridized carbons (Fsp3) is 0.450. The summed E-state index contributed by atoms with van der Waals surface area (Å²) in [5, 5.41) is 5.35. The summed E-state index contributed by atoms with van der Waals surface area (Å²) in [6.07, 6.45) is 3.17. The van der Waals surface area contributed by atoms with Crippen LogP contribution < -0.4 is 10.4 Å². The van der Waals surface area contributed by atoms with Gasteiger partial charge < -0.3 is 9.64 Å². The Morgan fingerprint density at radius 3 is 2.85 bits per heavy atom. The maximum Gasteiger partial charge on any atom is 0.351 e. The van der Waals surface area contributed by atoms with Gasteiger partial charge in [0.25, 0.3) is 0 Å². The van der Waals surface area contributed by atoms with Crippen molar-refractivity contribution in [2.45, 2.75) is 45.7 Å². The number of pyridine rings is 1. The molecule has 0 spiro atoms. The number of aryl methyl sites for hydroxylation is 1. The number of fused-ring (bicyclic) bond motifs is 3. The predicted octanol–water partition coefficient (Wildman–Crippen LogP) is 2.37. The molecule has 1 amide bonds. The van der Waals surface area contributed by atoms with Gasteiger partial charge in [-0.3, -0.25) is 4.79 Å². The number of amides is 1. The van der Waals surface area contributed by atoms with Crippen LogP contribution in [0.5, 0.6) is 5.75 Å². The third-order valence-corrected chi connectivity index (χ3v) is 5.45. The molecule has 0 saturated carbocycles. The Morgan fingerprint density at radius 1 is 1.30 bits per heavy atom. The third kappa shape index (κ3) is 2.97. The normalized spacial score (nSPS) is 17.6. The SMILES string of the molecule is COc1ccc2c(c1)cc(C)c1nn(CC(=O)N3CCCC[C@@H]3C)c(=O)n12. The first-order valence-electron chi connectivity index (χ1n) is 9.36. The van der Waals surface area contributed by atoms with Crippen molar-refractivity contribution in [1.29, 1.82) is 0 Å². The first-order valence-corrected chi connectivity index (χ1v) is 9.36. The van der Waals surface area contributed by atoms with Gasteiger partial charge in [-0.05, 0) is 62.9 Å². The number of ether oxygens (including phenoxy) is 1. The summed E-state index contributed by atoms with van der Waals surface area (Å²) in [5.41, 5.74) is 1.93. The van der Waals surface area contributed by atoms with Crippen LogP contribution in [0.2, 0.25) is 0 Å². The Bertz CT molecular complexity index is 1080. The lowest BCUT2D eigenvalue weighted by Gasteiger charge is -2.33. The van der Waals surface area contributed by atoms with E-state index in [4.69, 9.17) is 4.74 Å². The minimum Gasteiger partial charge on any atom is -0.497 e. The second-order valence-corrected chi connectivity index (χ2v) is 7.28. The average molecular weight is 368 g/mol. The molecule has 0 N–H and O–H groups in total. The molecule has 1 fully saturated rings. The molecule has 1 aliphatic heterocycles. The molecule has 7 heteroatoms. The number of carbonyl (C=O) groups is 1. The van der Waals surface area contributed by atoms with Gasteiger partial charge >= 0.3 is 5.69 Å². The lowest BCUT2D eigenvalue weighted by atomic mass is 10.0. The molecule has 3 aromatic rings. The van der Waals surface area contributed by atoms with Gasteiger partial charge in [0.2, 0.25) is 5.91 Å². The number of aromatic nitrogens is 3. The Kier molecular flexibility index (Phi) is 4.37. The molecule has 1 atom stereocenters. The number of rotatable bonds is 3. The first-order chi connectivity index (χ1) is 13.0. The minimum atomic E-state index is -0.290. The Balaban J connectivity index is 1.77. The summed E-state index contributed by atoms with van der Waals surface area (Å²) >= 11 is 0. The van der Waals surface area contributed by atoms with Gasteiger partial charge in [0.15, 0.2) is 5.65 Å². The number of piperidine rings is 1. The standard InChI is InChI=1S/C20H24N4O3/c1-13-10-15-11-16(27-3)7-8-17(15)24-19(13)21-23(20(24)26)12-18(25)22-9-5-4-6-14(22)2/h7-8,10-11,14H,4-6,9,12H2,1-3H3/t14-/m0/s1. The van der Waals surface area contributed by atoms with Crippen LogP contribution >= 0.6 is 0 Å². The average Bonchev–Trinajstić information content (AvgIpc) is 2.99. The van der Waals surface area contributed by atoms with Gasteiger partial charge in [-0.25, -0.2) is 13.9 Å². The van der Waals surface area contributed by atoms with Crippen LogP contribution in [0.1, 0.15) is 31.7 Å². The van der Waals surface area contributed by atoms with E-state index in [0.717, 1.165) is 48.0 Å². The number of likely N-dealkylation sites (tertiary alicyclic amines) is 1. The summed E-state index contributed by atoms with van der Waals surface area (Å²) in [7, 11) is 1.62. The van der Waals surface area contributed by atoms with Gasteiger partial charge in [0.1, 0.15) is 12.3 Å². The summed E-state index contributed by atoms with van der Waals surface area (Å²) in [4.78, 5) is 27.6. The van der Waals surface area contributed by atoms with Crippen molar-refractivity contribution in [3.63, 3.8) is 0 Å². The fourth-order valence-electron chi connectivity index (χ4n) is 3.95. The van der Waals surface area contributed by atoms with Crippen molar-refractivity contribution in [3.8, 4) is 5.75 Å². The number of methoxy groups -OCH3 is 1. The van der Waals surface area contributed by atoms with E-state index in [1.165, 1.54) is 4.68 Å². The van der Waals surface area contributed by atoms with Gasteiger partial charge in [-0.1, -0.05) is 0 Å². The van der Waals surface area contributed by atoms with E-state index < -0.39 is 0 Å². The molecule has 0 bridgehead atoms. The van der Waals surface area contributed by atoms with Gasteiger partial charge in [0, 0.05) is 18.0 Å². The Labute approximate surface area is 157 Å².